The highest BCUT2D eigenvalue weighted by Crippen LogP contribution is 2.23. The molecule has 6 nitrogen and oxygen atoms in total. The average Bonchev–Trinajstić information content (AvgIpc) is 3.16. The number of carbonyl (C=O) groups excluding carboxylic acids is 1. The molecule has 1 fully saturated rings. The zero-order chi connectivity index (χ0) is 17.6. The number of benzene rings is 1. The zero-order valence-corrected chi connectivity index (χ0v) is 14.9. The molecule has 1 aromatic carbocycles. The van der Waals surface area contributed by atoms with Crippen LogP contribution >= 0.6 is 0 Å². The minimum atomic E-state index is -0.151. The monoisotopic (exact) mass is 339 g/mol. The SMILES string of the molecule is CN(C)CCNC(=O)c1cc(N2CCCC2)nc(-c2ccccc2)n1. The van der Waals surface area contributed by atoms with E-state index in [2.05, 4.69) is 15.2 Å². The molecule has 2 heterocycles. The third-order valence-corrected chi connectivity index (χ3v) is 4.25. The van der Waals surface area contributed by atoms with Crippen molar-refractivity contribution < 1.29 is 4.79 Å². The van der Waals surface area contributed by atoms with Gasteiger partial charge in [0.15, 0.2) is 5.82 Å². The fraction of sp³-hybridized carbons (Fsp3) is 0.421. The number of hydrogen-bond acceptors (Lipinski definition) is 5. The van der Waals surface area contributed by atoms with Crippen LogP contribution in [0.15, 0.2) is 36.4 Å². The minimum absolute atomic E-state index is 0.151. The average molecular weight is 339 g/mol. The van der Waals surface area contributed by atoms with Gasteiger partial charge >= 0.3 is 0 Å². The third-order valence-electron chi connectivity index (χ3n) is 4.25. The summed E-state index contributed by atoms with van der Waals surface area (Å²) in [6.07, 6.45) is 2.32. The van der Waals surface area contributed by atoms with Gasteiger partial charge in [0.1, 0.15) is 11.5 Å². The Kier molecular flexibility index (Phi) is 5.60. The Labute approximate surface area is 148 Å². The maximum absolute atomic E-state index is 12.5. The van der Waals surface area contributed by atoms with Crippen LogP contribution in [-0.4, -0.2) is 61.0 Å². The minimum Gasteiger partial charge on any atom is -0.356 e. The molecule has 1 amide bonds. The Bertz CT molecular complexity index is 711. The second-order valence-corrected chi connectivity index (χ2v) is 6.55. The number of rotatable bonds is 6. The van der Waals surface area contributed by atoms with E-state index < -0.39 is 0 Å². The van der Waals surface area contributed by atoms with E-state index in [9.17, 15) is 4.79 Å². The molecule has 1 saturated heterocycles. The van der Waals surface area contributed by atoms with Crippen molar-refractivity contribution in [3.05, 3.63) is 42.1 Å². The van der Waals surface area contributed by atoms with E-state index >= 15 is 0 Å². The van der Waals surface area contributed by atoms with Gasteiger partial charge in [-0.05, 0) is 26.9 Å². The van der Waals surface area contributed by atoms with Crippen molar-refractivity contribution in [3.8, 4) is 11.4 Å². The highest BCUT2D eigenvalue weighted by Gasteiger charge is 2.19. The molecule has 0 bridgehead atoms. The van der Waals surface area contributed by atoms with Gasteiger partial charge in [-0.25, -0.2) is 9.97 Å². The number of hydrogen-bond donors (Lipinski definition) is 1. The van der Waals surface area contributed by atoms with Gasteiger partial charge < -0.3 is 15.1 Å². The van der Waals surface area contributed by atoms with Crippen molar-refractivity contribution in [2.45, 2.75) is 12.8 Å². The first-order valence-electron chi connectivity index (χ1n) is 8.76. The molecule has 0 unspecified atom stereocenters. The Morgan fingerprint density at radius 2 is 1.88 bits per heavy atom. The number of aromatic nitrogens is 2. The lowest BCUT2D eigenvalue weighted by Crippen LogP contribution is -2.32. The van der Waals surface area contributed by atoms with E-state index in [1.54, 1.807) is 0 Å². The zero-order valence-electron chi connectivity index (χ0n) is 14.9. The number of likely N-dealkylation sites (N-methyl/N-ethyl adjacent to an activating group) is 1. The molecule has 25 heavy (non-hydrogen) atoms. The molecule has 2 aromatic rings. The molecule has 1 N–H and O–H groups in total. The quantitative estimate of drug-likeness (QED) is 0.873. The van der Waals surface area contributed by atoms with Crippen molar-refractivity contribution in [2.24, 2.45) is 0 Å². The largest absolute Gasteiger partial charge is 0.356 e. The lowest BCUT2D eigenvalue weighted by Gasteiger charge is -2.18. The summed E-state index contributed by atoms with van der Waals surface area (Å²) in [6.45, 7) is 3.34. The summed E-state index contributed by atoms with van der Waals surface area (Å²) in [7, 11) is 3.96. The van der Waals surface area contributed by atoms with Crippen LogP contribution < -0.4 is 10.2 Å². The van der Waals surface area contributed by atoms with Gasteiger partial charge in [-0.2, -0.15) is 0 Å². The first-order valence-corrected chi connectivity index (χ1v) is 8.76. The van der Waals surface area contributed by atoms with Crippen molar-refractivity contribution in [1.29, 1.82) is 0 Å². The van der Waals surface area contributed by atoms with Crippen LogP contribution in [0.25, 0.3) is 11.4 Å². The first kappa shape index (κ1) is 17.4. The summed E-state index contributed by atoms with van der Waals surface area (Å²) in [6, 6.07) is 11.6. The van der Waals surface area contributed by atoms with Gasteiger partial charge in [-0.15, -0.1) is 0 Å². The second-order valence-electron chi connectivity index (χ2n) is 6.55. The summed E-state index contributed by atoms with van der Waals surface area (Å²) >= 11 is 0. The Morgan fingerprint density at radius 1 is 1.16 bits per heavy atom. The van der Waals surface area contributed by atoms with Crippen LogP contribution in [0, 0.1) is 0 Å². The summed E-state index contributed by atoms with van der Waals surface area (Å²) in [5.74, 6) is 1.29. The summed E-state index contributed by atoms with van der Waals surface area (Å²) in [5.41, 5.74) is 1.35. The van der Waals surface area contributed by atoms with E-state index in [0.717, 1.165) is 43.9 Å². The maximum Gasteiger partial charge on any atom is 0.270 e. The molecular formula is C19H25N5O. The second kappa shape index (κ2) is 8.07. The third kappa shape index (κ3) is 4.54. The number of nitrogens with one attached hydrogen (secondary N) is 1. The first-order chi connectivity index (χ1) is 12.1. The highest BCUT2D eigenvalue weighted by atomic mass is 16.1. The number of carbonyl (C=O) groups is 1. The van der Waals surface area contributed by atoms with E-state index in [1.165, 1.54) is 0 Å². The number of nitrogens with zero attached hydrogens (tertiary/aromatic N) is 4. The molecular weight excluding hydrogens is 314 g/mol. The Balaban J connectivity index is 1.88. The van der Waals surface area contributed by atoms with E-state index in [-0.39, 0.29) is 5.91 Å². The molecule has 3 rings (SSSR count). The predicted octanol–water partition coefficient (Wildman–Crippen LogP) is 2.04. The Hall–Kier alpha value is -2.47. The molecule has 0 spiro atoms. The van der Waals surface area contributed by atoms with Gasteiger partial charge in [-0.1, -0.05) is 30.3 Å². The normalized spacial score (nSPS) is 14.1. The molecule has 0 atom stereocenters. The number of amides is 1. The van der Waals surface area contributed by atoms with Crippen LogP contribution in [-0.2, 0) is 0 Å². The highest BCUT2D eigenvalue weighted by molar-refractivity contribution is 5.93. The van der Waals surface area contributed by atoms with Crippen molar-refractivity contribution in [2.75, 3.05) is 45.2 Å². The smallest absolute Gasteiger partial charge is 0.270 e. The summed E-state index contributed by atoms with van der Waals surface area (Å²) in [4.78, 5) is 26.0. The fourth-order valence-electron chi connectivity index (χ4n) is 2.86. The predicted molar refractivity (Wildman–Crippen MR) is 99.8 cm³/mol. The Morgan fingerprint density at radius 3 is 2.56 bits per heavy atom. The van der Waals surface area contributed by atoms with Crippen LogP contribution in [0.5, 0.6) is 0 Å². The van der Waals surface area contributed by atoms with Crippen molar-refractivity contribution in [3.63, 3.8) is 0 Å². The molecule has 1 aliphatic rings. The van der Waals surface area contributed by atoms with E-state index in [0.29, 0.717) is 18.1 Å². The molecule has 0 saturated carbocycles. The van der Waals surface area contributed by atoms with Gasteiger partial charge in [0.05, 0.1) is 0 Å². The van der Waals surface area contributed by atoms with E-state index in [4.69, 9.17) is 4.98 Å². The van der Waals surface area contributed by atoms with Crippen molar-refractivity contribution in [1.82, 2.24) is 20.2 Å². The van der Waals surface area contributed by atoms with Gasteiger partial charge in [0, 0.05) is 37.8 Å². The van der Waals surface area contributed by atoms with Crippen LogP contribution in [0.4, 0.5) is 5.82 Å². The summed E-state index contributed by atoms with van der Waals surface area (Å²) < 4.78 is 0. The molecule has 6 heteroatoms. The maximum atomic E-state index is 12.5. The topological polar surface area (TPSA) is 61.4 Å². The van der Waals surface area contributed by atoms with Crippen LogP contribution in [0.2, 0.25) is 0 Å². The number of anilines is 1. The lowest BCUT2D eigenvalue weighted by atomic mass is 10.2. The molecule has 1 aromatic heterocycles. The molecule has 0 aliphatic carbocycles. The molecule has 1 aliphatic heterocycles. The van der Waals surface area contributed by atoms with Crippen LogP contribution in [0.3, 0.4) is 0 Å². The molecule has 132 valence electrons. The lowest BCUT2D eigenvalue weighted by molar-refractivity contribution is 0.0946. The van der Waals surface area contributed by atoms with E-state index in [1.807, 2.05) is 55.4 Å². The summed E-state index contributed by atoms with van der Waals surface area (Å²) in [5, 5.41) is 2.94. The van der Waals surface area contributed by atoms with Gasteiger partial charge in [-0.3, -0.25) is 4.79 Å². The molecule has 0 radical (unpaired) electrons. The fourth-order valence-corrected chi connectivity index (χ4v) is 2.86. The van der Waals surface area contributed by atoms with Crippen molar-refractivity contribution >= 4 is 11.7 Å². The van der Waals surface area contributed by atoms with Gasteiger partial charge in [0.25, 0.3) is 5.91 Å². The standard InChI is InChI=1S/C19H25N5O/c1-23(2)13-10-20-19(25)16-14-17(24-11-6-7-12-24)22-18(21-16)15-8-4-3-5-9-15/h3-5,8-9,14H,6-7,10-13H2,1-2H3,(H,20,25). The van der Waals surface area contributed by atoms with Crippen LogP contribution in [0.1, 0.15) is 23.3 Å². The van der Waals surface area contributed by atoms with Gasteiger partial charge in [0.2, 0.25) is 0 Å².